The van der Waals surface area contributed by atoms with Gasteiger partial charge in [-0.3, -0.25) is 4.79 Å². The fourth-order valence-electron chi connectivity index (χ4n) is 2.75. The predicted molar refractivity (Wildman–Crippen MR) is 92.7 cm³/mol. The van der Waals surface area contributed by atoms with Gasteiger partial charge in [-0.1, -0.05) is 60.7 Å². The molecule has 0 aliphatic carbocycles. The van der Waals surface area contributed by atoms with Crippen LogP contribution in [0.3, 0.4) is 0 Å². The Morgan fingerprint density at radius 2 is 1.61 bits per heavy atom. The molecule has 0 bridgehead atoms. The number of rotatable bonds is 5. The average molecular weight is 305 g/mol. The number of ketones is 1. The quantitative estimate of drug-likeness (QED) is 0.669. The van der Waals surface area contributed by atoms with Crippen LogP contribution in [0.2, 0.25) is 0 Å². The molecule has 0 radical (unpaired) electrons. The van der Waals surface area contributed by atoms with Gasteiger partial charge in [-0.2, -0.15) is 0 Å². The molecule has 3 heteroatoms. The average Bonchev–Trinajstić information content (AvgIpc) is 2.91. The second kappa shape index (κ2) is 6.53. The molecule has 0 saturated carbocycles. The third-order valence-electron chi connectivity index (χ3n) is 3.79. The number of hydrogen-bond donors (Lipinski definition) is 1. The van der Waals surface area contributed by atoms with Crippen LogP contribution in [0.1, 0.15) is 28.6 Å². The van der Waals surface area contributed by atoms with E-state index in [1.54, 1.807) is 6.92 Å². The van der Waals surface area contributed by atoms with Crippen molar-refractivity contribution >= 4 is 11.7 Å². The Morgan fingerprint density at radius 3 is 2.22 bits per heavy atom. The molecule has 3 rings (SSSR count). The summed E-state index contributed by atoms with van der Waals surface area (Å²) in [5, 5.41) is 3.33. The molecule has 2 aromatic carbocycles. The van der Waals surface area contributed by atoms with E-state index in [1.807, 2.05) is 55.5 Å². The van der Waals surface area contributed by atoms with E-state index in [1.165, 1.54) is 0 Å². The molecule has 0 aliphatic heterocycles. The molecule has 3 nitrogen and oxygen atoms in total. The van der Waals surface area contributed by atoms with Crippen LogP contribution in [0.4, 0.5) is 5.88 Å². The van der Waals surface area contributed by atoms with Gasteiger partial charge in [-0.15, -0.1) is 0 Å². The van der Waals surface area contributed by atoms with Crippen molar-refractivity contribution in [1.82, 2.24) is 0 Å². The molecule has 0 unspecified atom stereocenters. The van der Waals surface area contributed by atoms with E-state index in [2.05, 4.69) is 17.4 Å². The van der Waals surface area contributed by atoms with Gasteiger partial charge in [-0.05, 0) is 25.0 Å². The number of furan rings is 1. The number of anilines is 1. The Morgan fingerprint density at radius 1 is 1.00 bits per heavy atom. The third kappa shape index (κ3) is 3.19. The zero-order valence-electron chi connectivity index (χ0n) is 13.3. The van der Waals surface area contributed by atoms with Crippen molar-refractivity contribution in [3.05, 3.63) is 77.6 Å². The molecule has 1 aromatic heterocycles. The highest BCUT2D eigenvalue weighted by molar-refractivity contribution is 6.04. The molecule has 116 valence electrons. The molecule has 0 fully saturated rings. The number of Topliss-reactive ketones (excluding diaryl/α,β-unsaturated/α-hetero) is 1. The van der Waals surface area contributed by atoms with E-state index in [-0.39, 0.29) is 5.78 Å². The van der Waals surface area contributed by atoms with Gasteiger partial charge in [0, 0.05) is 6.54 Å². The van der Waals surface area contributed by atoms with Gasteiger partial charge in [0.25, 0.3) is 0 Å². The second-order valence-electron chi connectivity index (χ2n) is 5.50. The normalized spacial score (nSPS) is 10.5. The van der Waals surface area contributed by atoms with Crippen molar-refractivity contribution in [2.24, 2.45) is 0 Å². The summed E-state index contributed by atoms with van der Waals surface area (Å²) in [7, 11) is 0. The van der Waals surface area contributed by atoms with Gasteiger partial charge in [0.15, 0.2) is 5.78 Å². The van der Waals surface area contributed by atoms with Crippen LogP contribution in [0.25, 0.3) is 11.1 Å². The summed E-state index contributed by atoms with van der Waals surface area (Å²) in [6, 6.07) is 20.0. The summed E-state index contributed by atoms with van der Waals surface area (Å²) in [4.78, 5) is 12.1. The van der Waals surface area contributed by atoms with Crippen LogP contribution in [0, 0.1) is 6.92 Å². The van der Waals surface area contributed by atoms with Crippen LogP contribution in [-0.2, 0) is 6.54 Å². The van der Waals surface area contributed by atoms with E-state index < -0.39 is 0 Å². The van der Waals surface area contributed by atoms with Gasteiger partial charge in [-0.25, -0.2) is 0 Å². The highest BCUT2D eigenvalue weighted by atomic mass is 16.4. The molecule has 1 heterocycles. The van der Waals surface area contributed by atoms with Crippen LogP contribution in [0.15, 0.2) is 65.1 Å². The zero-order valence-corrected chi connectivity index (χ0v) is 13.3. The van der Waals surface area contributed by atoms with Crippen molar-refractivity contribution in [3.63, 3.8) is 0 Å². The number of nitrogens with one attached hydrogen (secondary N) is 1. The fraction of sp³-hybridized carbons (Fsp3) is 0.150. The van der Waals surface area contributed by atoms with Crippen LogP contribution in [-0.4, -0.2) is 5.78 Å². The molecule has 23 heavy (non-hydrogen) atoms. The minimum Gasteiger partial charge on any atom is -0.445 e. The number of carbonyl (C=O) groups excluding carboxylic acids is 1. The number of hydrogen-bond acceptors (Lipinski definition) is 3. The molecule has 0 spiro atoms. The summed E-state index contributed by atoms with van der Waals surface area (Å²) in [5.41, 5.74) is 3.62. The Labute approximate surface area is 136 Å². The molecule has 0 aliphatic rings. The van der Waals surface area contributed by atoms with Crippen LogP contribution in [0.5, 0.6) is 0 Å². The lowest BCUT2D eigenvalue weighted by atomic mass is 9.99. The first kappa shape index (κ1) is 15.1. The first-order valence-electron chi connectivity index (χ1n) is 7.64. The van der Waals surface area contributed by atoms with Crippen molar-refractivity contribution in [1.29, 1.82) is 0 Å². The molecule has 3 aromatic rings. The standard InChI is InChI=1S/C20H19NO2/c1-14(22)18-15(2)23-20(19(18)17-11-7-4-8-12-17)21-13-16-9-5-3-6-10-16/h3-12,21H,13H2,1-2H3. The summed E-state index contributed by atoms with van der Waals surface area (Å²) >= 11 is 0. The molecular formula is C20H19NO2. The summed E-state index contributed by atoms with van der Waals surface area (Å²) in [6.45, 7) is 4.05. The maximum Gasteiger partial charge on any atom is 0.201 e. The number of carbonyl (C=O) groups is 1. The second-order valence-corrected chi connectivity index (χ2v) is 5.50. The van der Waals surface area contributed by atoms with Gasteiger partial charge >= 0.3 is 0 Å². The van der Waals surface area contributed by atoms with Gasteiger partial charge < -0.3 is 9.73 Å². The Hall–Kier alpha value is -2.81. The topological polar surface area (TPSA) is 42.2 Å². The van der Waals surface area contributed by atoms with E-state index in [9.17, 15) is 4.79 Å². The lowest BCUT2D eigenvalue weighted by molar-refractivity contribution is 0.101. The monoisotopic (exact) mass is 305 g/mol. The van der Waals surface area contributed by atoms with Crippen LogP contribution < -0.4 is 5.32 Å². The Balaban J connectivity index is 2.00. The van der Waals surface area contributed by atoms with E-state index in [0.717, 1.165) is 16.7 Å². The fourth-order valence-corrected chi connectivity index (χ4v) is 2.75. The zero-order chi connectivity index (χ0) is 16.2. The molecular weight excluding hydrogens is 286 g/mol. The molecule has 0 atom stereocenters. The van der Waals surface area contributed by atoms with Crippen molar-refractivity contribution < 1.29 is 9.21 Å². The minimum absolute atomic E-state index is 0.0119. The first-order chi connectivity index (χ1) is 11.2. The van der Waals surface area contributed by atoms with Crippen molar-refractivity contribution in [2.45, 2.75) is 20.4 Å². The Bertz CT molecular complexity index is 804. The summed E-state index contributed by atoms with van der Waals surface area (Å²) in [6.07, 6.45) is 0. The maximum atomic E-state index is 12.1. The van der Waals surface area contributed by atoms with Crippen LogP contribution >= 0.6 is 0 Å². The highest BCUT2D eigenvalue weighted by Crippen LogP contribution is 2.36. The first-order valence-corrected chi connectivity index (χ1v) is 7.64. The molecule has 0 amide bonds. The minimum atomic E-state index is 0.0119. The van der Waals surface area contributed by atoms with Gasteiger partial charge in [0.05, 0.1) is 11.1 Å². The SMILES string of the molecule is CC(=O)c1c(C)oc(NCc2ccccc2)c1-c1ccccc1. The van der Waals surface area contributed by atoms with Gasteiger partial charge in [0.1, 0.15) is 5.76 Å². The number of aryl methyl sites for hydroxylation is 1. The number of benzene rings is 2. The summed E-state index contributed by atoms with van der Waals surface area (Å²) < 4.78 is 5.85. The lowest BCUT2D eigenvalue weighted by Crippen LogP contribution is -2.01. The summed E-state index contributed by atoms with van der Waals surface area (Å²) in [5.74, 6) is 1.30. The van der Waals surface area contributed by atoms with Crippen molar-refractivity contribution in [3.8, 4) is 11.1 Å². The van der Waals surface area contributed by atoms with E-state index in [4.69, 9.17) is 4.42 Å². The smallest absolute Gasteiger partial charge is 0.201 e. The van der Waals surface area contributed by atoms with Crippen molar-refractivity contribution in [2.75, 3.05) is 5.32 Å². The largest absolute Gasteiger partial charge is 0.445 e. The third-order valence-corrected chi connectivity index (χ3v) is 3.79. The lowest BCUT2D eigenvalue weighted by Gasteiger charge is -2.07. The Kier molecular flexibility index (Phi) is 4.29. The van der Waals surface area contributed by atoms with E-state index >= 15 is 0 Å². The predicted octanol–water partition coefficient (Wildman–Crippen LogP) is 5.07. The highest BCUT2D eigenvalue weighted by Gasteiger charge is 2.22. The van der Waals surface area contributed by atoms with Gasteiger partial charge in [0.2, 0.25) is 5.88 Å². The molecule has 0 saturated heterocycles. The van der Waals surface area contributed by atoms with E-state index in [0.29, 0.717) is 23.8 Å². The molecule has 1 N–H and O–H groups in total. The maximum absolute atomic E-state index is 12.1.